The molecule has 0 heterocycles. The predicted molar refractivity (Wildman–Crippen MR) is 89.6 cm³/mol. The molecule has 1 atom stereocenters. The van der Waals surface area contributed by atoms with Crippen LogP contribution >= 0.6 is 0 Å². The monoisotopic (exact) mass is 336 g/mol. The van der Waals surface area contributed by atoms with Gasteiger partial charge in [0.15, 0.2) is 11.5 Å². The highest BCUT2D eigenvalue weighted by atomic mass is 16.5. The Morgan fingerprint density at radius 3 is 2.29 bits per heavy atom. The SMILES string of the molecule is CC(C)(C)CC(=O)/C(=N/O)c1ccc(OCCC(N)C(=O)O)cc1. The lowest BCUT2D eigenvalue weighted by molar-refractivity contribution is -0.138. The highest BCUT2D eigenvalue weighted by Gasteiger charge is 2.22. The molecule has 0 fully saturated rings. The number of benzene rings is 1. The Morgan fingerprint density at radius 1 is 1.25 bits per heavy atom. The molecule has 132 valence electrons. The third kappa shape index (κ3) is 6.37. The fraction of sp³-hybridized carbons (Fsp3) is 0.471. The number of carboxylic acid groups (broad SMARTS) is 1. The Bertz CT molecular complexity index is 602. The summed E-state index contributed by atoms with van der Waals surface area (Å²) in [5, 5.41) is 20.9. The lowest BCUT2D eigenvalue weighted by atomic mass is 9.87. The van der Waals surface area contributed by atoms with E-state index in [2.05, 4.69) is 5.16 Å². The number of ketones is 1. The second-order valence-corrected chi connectivity index (χ2v) is 6.72. The summed E-state index contributed by atoms with van der Waals surface area (Å²) < 4.78 is 5.41. The van der Waals surface area contributed by atoms with Crippen molar-refractivity contribution in [3.63, 3.8) is 0 Å². The standard InChI is InChI=1S/C17H24N2O5/c1-17(2,3)10-14(20)15(19-23)11-4-6-12(7-5-11)24-9-8-13(18)16(21)22/h4-7,13,23H,8-10,18H2,1-3H3,(H,21,22)/b19-15+. The molecule has 0 radical (unpaired) electrons. The molecule has 7 heteroatoms. The van der Waals surface area contributed by atoms with Gasteiger partial charge in [-0.3, -0.25) is 9.59 Å². The molecule has 0 aromatic heterocycles. The number of carbonyl (C=O) groups is 2. The summed E-state index contributed by atoms with van der Waals surface area (Å²) in [5.41, 5.74) is 5.67. The lowest BCUT2D eigenvalue weighted by Gasteiger charge is -2.17. The number of oxime groups is 1. The Labute approximate surface area is 141 Å². The van der Waals surface area contributed by atoms with E-state index in [4.69, 9.17) is 20.8 Å². The van der Waals surface area contributed by atoms with Crippen molar-refractivity contribution in [2.45, 2.75) is 39.7 Å². The van der Waals surface area contributed by atoms with Crippen LogP contribution in [0.1, 0.15) is 39.2 Å². The van der Waals surface area contributed by atoms with Crippen LogP contribution in [0.3, 0.4) is 0 Å². The van der Waals surface area contributed by atoms with E-state index in [1.165, 1.54) is 0 Å². The molecule has 7 nitrogen and oxygen atoms in total. The highest BCUT2D eigenvalue weighted by molar-refractivity contribution is 6.46. The van der Waals surface area contributed by atoms with Crippen LogP contribution in [0.25, 0.3) is 0 Å². The van der Waals surface area contributed by atoms with Crippen molar-refractivity contribution in [1.82, 2.24) is 0 Å². The zero-order valence-electron chi connectivity index (χ0n) is 14.2. The molecule has 0 aliphatic rings. The molecule has 1 aromatic carbocycles. The van der Waals surface area contributed by atoms with Gasteiger partial charge in [0.2, 0.25) is 0 Å². The molecular formula is C17H24N2O5. The lowest BCUT2D eigenvalue weighted by Crippen LogP contribution is -2.31. The molecule has 0 aliphatic heterocycles. The van der Waals surface area contributed by atoms with E-state index in [0.29, 0.717) is 11.3 Å². The predicted octanol–water partition coefficient (Wildman–Crippen LogP) is 2.05. The van der Waals surface area contributed by atoms with Gasteiger partial charge in [-0.1, -0.05) is 25.9 Å². The maximum atomic E-state index is 12.2. The van der Waals surface area contributed by atoms with Crippen molar-refractivity contribution < 1.29 is 24.6 Å². The fourth-order valence-corrected chi connectivity index (χ4v) is 1.98. The summed E-state index contributed by atoms with van der Waals surface area (Å²) in [6, 6.07) is 5.51. The molecule has 0 spiro atoms. The second-order valence-electron chi connectivity index (χ2n) is 6.72. The van der Waals surface area contributed by atoms with E-state index in [9.17, 15) is 9.59 Å². The molecule has 1 aromatic rings. The third-order valence-electron chi connectivity index (χ3n) is 3.20. The minimum absolute atomic E-state index is 0.00405. The van der Waals surface area contributed by atoms with Crippen molar-refractivity contribution in [2.75, 3.05) is 6.61 Å². The van der Waals surface area contributed by atoms with Gasteiger partial charge in [-0.25, -0.2) is 0 Å². The van der Waals surface area contributed by atoms with Crippen molar-refractivity contribution in [3.05, 3.63) is 29.8 Å². The van der Waals surface area contributed by atoms with E-state index in [1.807, 2.05) is 20.8 Å². The molecule has 24 heavy (non-hydrogen) atoms. The van der Waals surface area contributed by atoms with E-state index < -0.39 is 12.0 Å². The number of ether oxygens (including phenoxy) is 1. The molecule has 1 unspecified atom stereocenters. The van der Waals surface area contributed by atoms with Gasteiger partial charge < -0.3 is 20.8 Å². The Balaban J connectivity index is 2.68. The summed E-state index contributed by atoms with van der Waals surface area (Å²) in [6.45, 7) is 5.95. The molecule has 0 saturated carbocycles. The minimum atomic E-state index is -1.07. The Kier molecular flexibility index (Phi) is 6.91. The zero-order chi connectivity index (χ0) is 18.3. The van der Waals surface area contributed by atoms with Crippen LogP contribution in [0.4, 0.5) is 0 Å². The summed E-state index contributed by atoms with van der Waals surface area (Å²) >= 11 is 0. The number of rotatable bonds is 8. The first-order chi connectivity index (χ1) is 11.1. The van der Waals surface area contributed by atoms with E-state index in [0.717, 1.165) is 0 Å². The van der Waals surface area contributed by atoms with Gasteiger partial charge in [0, 0.05) is 18.4 Å². The van der Waals surface area contributed by atoms with Gasteiger partial charge >= 0.3 is 5.97 Å². The maximum Gasteiger partial charge on any atom is 0.320 e. The third-order valence-corrected chi connectivity index (χ3v) is 3.20. The van der Waals surface area contributed by atoms with Gasteiger partial charge in [-0.05, 0) is 29.7 Å². The van der Waals surface area contributed by atoms with Gasteiger partial charge in [0.25, 0.3) is 0 Å². The molecule has 0 saturated heterocycles. The fourth-order valence-electron chi connectivity index (χ4n) is 1.98. The van der Waals surface area contributed by atoms with Gasteiger partial charge in [0.05, 0.1) is 6.61 Å². The number of aliphatic carboxylic acids is 1. The van der Waals surface area contributed by atoms with Crippen LogP contribution in [-0.4, -0.2) is 40.4 Å². The topological polar surface area (TPSA) is 122 Å². The van der Waals surface area contributed by atoms with Crippen LogP contribution < -0.4 is 10.5 Å². The average molecular weight is 336 g/mol. The second kappa shape index (κ2) is 8.44. The van der Waals surface area contributed by atoms with Crippen LogP contribution in [0.2, 0.25) is 0 Å². The Hall–Kier alpha value is -2.41. The first kappa shape index (κ1) is 19.6. The van der Waals surface area contributed by atoms with Crippen molar-refractivity contribution in [3.8, 4) is 5.75 Å². The first-order valence-corrected chi connectivity index (χ1v) is 7.61. The summed E-state index contributed by atoms with van der Waals surface area (Å²) in [6.07, 6.45) is 0.447. The average Bonchev–Trinajstić information content (AvgIpc) is 2.47. The van der Waals surface area contributed by atoms with Crippen LogP contribution in [0.15, 0.2) is 29.4 Å². The minimum Gasteiger partial charge on any atom is -0.494 e. The summed E-state index contributed by atoms with van der Waals surface area (Å²) in [7, 11) is 0. The normalized spacial score (nSPS) is 13.4. The van der Waals surface area contributed by atoms with Gasteiger partial charge in [-0.15, -0.1) is 0 Å². The van der Waals surface area contributed by atoms with Crippen LogP contribution in [0, 0.1) is 5.41 Å². The van der Waals surface area contributed by atoms with E-state index in [-0.39, 0.29) is 36.4 Å². The first-order valence-electron chi connectivity index (χ1n) is 7.61. The van der Waals surface area contributed by atoms with Crippen molar-refractivity contribution >= 4 is 17.5 Å². The number of nitrogens with two attached hydrogens (primary N) is 1. The van der Waals surface area contributed by atoms with E-state index >= 15 is 0 Å². The van der Waals surface area contributed by atoms with E-state index in [1.54, 1.807) is 24.3 Å². The molecule has 0 amide bonds. The molecular weight excluding hydrogens is 312 g/mol. The number of carboxylic acids is 1. The summed E-state index contributed by atoms with van der Waals surface area (Å²) in [5.74, 6) is -0.807. The number of hydrogen-bond donors (Lipinski definition) is 3. The molecule has 0 aliphatic carbocycles. The molecule has 1 rings (SSSR count). The van der Waals surface area contributed by atoms with Crippen molar-refractivity contribution in [2.24, 2.45) is 16.3 Å². The smallest absolute Gasteiger partial charge is 0.320 e. The van der Waals surface area contributed by atoms with Crippen molar-refractivity contribution in [1.29, 1.82) is 0 Å². The van der Waals surface area contributed by atoms with Gasteiger partial charge in [0.1, 0.15) is 11.8 Å². The molecule has 0 bridgehead atoms. The largest absolute Gasteiger partial charge is 0.494 e. The van der Waals surface area contributed by atoms with Crippen LogP contribution in [0.5, 0.6) is 5.75 Å². The van der Waals surface area contributed by atoms with Crippen LogP contribution in [-0.2, 0) is 9.59 Å². The maximum absolute atomic E-state index is 12.2. The summed E-state index contributed by atoms with van der Waals surface area (Å²) in [4.78, 5) is 22.8. The van der Waals surface area contributed by atoms with Gasteiger partial charge in [-0.2, -0.15) is 0 Å². The molecule has 4 N–H and O–H groups in total. The number of carbonyl (C=O) groups excluding carboxylic acids is 1. The quantitative estimate of drug-likeness (QED) is 0.379. The number of nitrogens with zero attached hydrogens (tertiary/aromatic N) is 1. The number of hydrogen-bond acceptors (Lipinski definition) is 6. The Morgan fingerprint density at radius 2 is 1.83 bits per heavy atom. The zero-order valence-corrected chi connectivity index (χ0v) is 14.2. The number of Topliss-reactive ketones (excluding diaryl/α,β-unsaturated/α-hetero) is 1. The highest BCUT2D eigenvalue weighted by Crippen LogP contribution is 2.21.